The number of carboxylic acid groups (broad SMARTS) is 1. The molecular formula is C23H21NO4S. The van der Waals surface area contributed by atoms with Crippen molar-refractivity contribution in [2.45, 2.75) is 24.3 Å². The number of ether oxygens (including phenoxy) is 1. The van der Waals surface area contributed by atoms with Gasteiger partial charge in [0, 0.05) is 12.0 Å². The van der Waals surface area contributed by atoms with Gasteiger partial charge >= 0.3 is 11.9 Å². The number of thiophene rings is 1. The molecule has 0 saturated carbocycles. The van der Waals surface area contributed by atoms with E-state index in [0.29, 0.717) is 5.56 Å². The molecule has 6 heteroatoms. The standard InChI is InChI=1S/C23H21NO4S/c24-20(11-21(25)26)22(14-9-10-29-13-14)23(27)28-12-19-17-7-3-1-5-15(17)16-6-2-4-8-18(16)19/h1-10,13,19-20,22H,11-12,24H2,(H,25,26)/t20-,22?/m0/s1. The van der Waals surface area contributed by atoms with Crippen LogP contribution < -0.4 is 5.73 Å². The van der Waals surface area contributed by atoms with Gasteiger partial charge in [0.2, 0.25) is 0 Å². The highest BCUT2D eigenvalue weighted by Gasteiger charge is 2.33. The Bertz CT molecular complexity index is 985. The van der Waals surface area contributed by atoms with Crippen molar-refractivity contribution in [3.05, 3.63) is 82.0 Å². The van der Waals surface area contributed by atoms with E-state index in [0.717, 1.165) is 22.3 Å². The Morgan fingerprint density at radius 3 is 2.21 bits per heavy atom. The second-order valence-electron chi connectivity index (χ2n) is 7.15. The minimum Gasteiger partial charge on any atom is -0.481 e. The van der Waals surface area contributed by atoms with Gasteiger partial charge in [-0.2, -0.15) is 11.3 Å². The summed E-state index contributed by atoms with van der Waals surface area (Å²) in [5, 5.41) is 12.8. The van der Waals surface area contributed by atoms with Gasteiger partial charge in [-0.05, 0) is 44.6 Å². The van der Waals surface area contributed by atoms with E-state index < -0.39 is 23.9 Å². The van der Waals surface area contributed by atoms with Crippen molar-refractivity contribution in [3.63, 3.8) is 0 Å². The van der Waals surface area contributed by atoms with Crippen LogP contribution in [0.2, 0.25) is 0 Å². The van der Waals surface area contributed by atoms with Crippen LogP contribution in [0, 0.1) is 0 Å². The average molecular weight is 407 g/mol. The number of fused-ring (bicyclic) bond motifs is 3. The number of carbonyl (C=O) groups is 2. The maximum Gasteiger partial charge on any atom is 0.315 e. The van der Waals surface area contributed by atoms with E-state index in [2.05, 4.69) is 24.3 Å². The quantitative estimate of drug-likeness (QED) is 0.578. The molecule has 0 radical (unpaired) electrons. The first kappa shape index (κ1) is 19.4. The molecule has 0 amide bonds. The smallest absolute Gasteiger partial charge is 0.315 e. The fourth-order valence-electron chi connectivity index (χ4n) is 4.02. The SMILES string of the molecule is N[C@@H](CC(=O)O)C(C(=O)OCC1c2ccccc2-c2ccccc21)c1ccsc1. The van der Waals surface area contributed by atoms with E-state index in [-0.39, 0.29) is 18.9 Å². The fourth-order valence-corrected chi connectivity index (χ4v) is 4.72. The number of aliphatic carboxylic acids is 1. The molecule has 148 valence electrons. The van der Waals surface area contributed by atoms with E-state index in [1.165, 1.54) is 11.3 Å². The summed E-state index contributed by atoms with van der Waals surface area (Å²) in [6.07, 6.45) is -0.301. The number of carboxylic acids is 1. The largest absolute Gasteiger partial charge is 0.481 e. The highest BCUT2D eigenvalue weighted by Crippen LogP contribution is 2.44. The summed E-state index contributed by atoms with van der Waals surface area (Å²) in [5.74, 6) is -2.38. The molecular weight excluding hydrogens is 386 g/mol. The lowest BCUT2D eigenvalue weighted by Gasteiger charge is -2.22. The van der Waals surface area contributed by atoms with Crippen LogP contribution in [-0.4, -0.2) is 29.7 Å². The van der Waals surface area contributed by atoms with Crippen molar-refractivity contribution >= 4 is 23.3 Å². The van der Waals surface area contributed by atoms with Crippen LogP contribution in [0.15, 0.2) is 65.4 Å². The van der Waals surface area contributed by atoms with E-state index >= 15 is 0 Å². The van der Waals surface area contributed by atoms with E-state index in [4.69, 9.17) is 15.6 Å². The zero-order valence-electron chi connectivity index (χ0n) is 15.7. The van der Waals surface area contributed by atoms with E-state index in [9.17, 15) is 9.59 Å². The second kappa shape index (κ2) is 8.19. The summed E-state index contributed by atoms with van der Waals surface area (Å²) in [5.41, 5.74) is 11.3. The molecule has 0 bridgehead atoms. The number of nitrogens with two attached hydrogens (primary N) is 1. The number of rotatable bonds is 7. The fraction of sp³-hybridized carbons (Fsp3) is 0.217. The highest BCUT2D eigenvalue weighted by atomic mass is 32.1. The summed E-state index contributed by atoms with van der Waals surface area (Å²) in [6, 6.07) is 17.2. The Morgan fingerprint density at radius 1 is 1.03 bits per heavy atom. The van der Waals surface area contributed by atoms with Gasteiger partial charge in [-0.3, -0.25) is 9.59 Å². The Balaban J connectivity index is 1.56. The van der Waals surface area contributed by atoms with Crippen LogP contribution in [0.5, 0.6) is 0 Å². The summed E-state index contributed by atoms with van der Waals surface area (Å²) < 4.78 is 5.72. The first-order valence-corrected chi connectivity index (χ1v) is 10.3. The van der Waals surface area contributed by atoms with Gasteiger partial charge in [0.1, 0.15) is 6.61 Å². The molecule has 3 aromatic rings. The topological polar surface area (TPSA) is 89.6 Å². The molecule has 3 N–H and O–H groups in total. The predicted molar refractivity (Wildman–Crippen MR) is 112 cm³/mol. The number of hydrogen-bond acceptors (Lipinski definition) is 5. The van der Waals surface area contributed by atoms with Gasteiger partial charge in [-0.1, -0.05) is 48.5 Å². The van der Waals surface area contributed by atoms with E-state index in [1.807, 2.05) is 35.0 Å². The molecule has 1 aromatic heterocycles. The maximum atomic E-state index is 13.0. The summed E-state index contributed by atoms with van der Waals surface area (Å²) in [7, 11) is 0. The van der Waals surface area contributed by atoms with Crippen molar-refractivity contribution in [3.8, 4) is 11.1 Å². The molecule has 4 rings (SSSR count). The van der Waals surface area contributed by atoms with Crippen molar-refractivity contribution in [2.24, 2.45) is 5.73 Å². The molecule has 0 spiro atoms. The molecule has 1 aliphatic carbocycles. The van der Waals surface area contributed by atoms with Crippen LogP contribution in [0.4, 0.5) is 0 Å². The van der Waals surface area contributed by atoms with Crippen molar-refractivity contribution in [2.75, 3.05) is 6.61 Å². The van der Waals surface area contributed by atoms with Crippen LogP contribution in [0.25, 0.3) is 11.1 Å². The van der Waals surface area contributed by atoms with E-state index in [1.54, 1.807) is 6.07 Å². The zero-order chi connectivity index (χ0) is 20.4. The third kappa shape index (κ3) is 3.81. The van der Waals surface area contributed by atoms with Gasteiger partial charge in [-0.25, -0.2) is 0 Å². The molecule has 2 atom stereocenters. The molecule has 5 nitrogen and oxygen atoms in total. The zero-order valence-corrected chi connectivity index (χ0v) is 16.5. The summed E-state index contributed by atoms with van der Waals surface area (Å²) in [6.45, 7) is 0.188. The third-order valence-corrected chi connectivity index (χ3v) is 6.05. The van der Waals surface area contributed by atoms with Crippen LogP contribution in [0.1, 0.15) is 34.9 Å². The van der Waals surface area contributed by atoms with Crippen molar-refractivity contribution < 1.29 is 19.4 Å². The van der Waals surface area contributed by atoms with Gasteiger partial charge in [-0.15, -0.1) is 0 Å². The Kier molecular flexibility index (Phi) is 5.47. The molecule has 0 aliphatic heterocycles. The number of carbonyl (C=O) groups excluding carboxylic acids is 1. The van der Waals surface area contributed by atoms with Gasteiger partial charge < -0.3 is 15.6 Å². The lowest BCUT2D eigenvalue weighted by molar-refractivity contribution is -0.146. The van der Waals surface area contributed by atoms with Crippen molar-refractivity contribution in [1.82, 2.24) is 0 Å². The molecule has 1 aliphatic rings. The predicted octanol–water partition coefficient (Wildman–Crippen LogP) is 3.99. The van der Waals surface area contributed by atoms with Gasteiger partial charge in [0.15, 0.2) is 0 Å². The maximum absolute atomic E-state index is 13.0. The van der Waals surface area contributed by atoms with Crippen LogP contribution in [-0.2, 0) is 14.3 Å². The Labute approximate surface area is 172 Å². The lowest BCUT2D eigenvalue weighted by Crippen LogP contribution is -2.36. The first-order valence-electron chi connectivity index (χ1n) is 9.40. The monoisotopic (exact) mass is 407 g/mol. The van der Waals surface area contributed by atoms with Crippen molar-refractivity contribution in [1.29, 1.82) is 0 Å². The van der Waals surface area contributed by atoms with Crippen LogP contribution in [0.3, 0.4) is 0 Å². The van der Waals surface area contributed by atoms with Gasteiger partial charge in [0.25, 0.3) is 0 Å². The second-order valence-corrected chi connectivity index (χ2v) is 7.93. The summed E-state index contributed by atoms with van der Waals surface area (Å²) in [4.78, 5) is 24.1. The molecule has 2 aromatic carbocycles. The number of hydrogen-bond donors (Lipinski definition) is 2. The lowest BCUT2D eigenvalue weighted by atomic mass is 9.92. The number of esters is 1. The molecule has 0 saturated heterocycles. The molecule has 0 fully saturated rings. The normalized spacial score (nSPS) is 14.7. The molecule has 1 heterocycles. The average Bonchev–Trinajstić information content (AvgIpc) is 3.33. The third-order valence-electron chi connectivity index (χ3n) is 5.35. The number of benzene rings is 2. The minimum absolute atomic E-state index is 0.0508. The molecule has 1 unspecified atom stereocenters. The molecule has 29 heavy (non-hydrogen) atoms. The van der Waals surface area contributed by atoms with Crippen LogP contribution >= 0.6 is 11.3 Å². The Hall–Kier alpha value is -2.96. The van der Waals surface area contributed by atoms with Gasteiger partial charge in [0.05, 0.1) is 12.3 Å². The Morgan fingerprint density at radius 2 is 1.66 bits per heavy atom. The summed E-state index contributed by atoms with van der Waals surface area (Å²) >= 11 is 1.44. The minimum atomic E-state index is -1.04. The highest BCUT2D eigenvalue weighted by molar-refractivity contribution is 7.08. The first-order chi connectivity index (χ1) is 14.1.